The summed E-state index contributed by atoms with van der Waals surface area (Å²) >= 11 is 3.23. The van der Waals surface area contributed by atoms with Crippen molar-refractivity contribution in [3.05, 3.63) is 39.5 Å². The Hall–Kier alpha value is -1.10. The van der Waals surface area contributed by atoms with Gasteiger partial charge in [0.15, 0.2) is 0 Å². The van der Waals surface area contributed by atoms with Crippen LogP contribution in [-0.2, 0) is 19.0 Å². The van der Waals surface area contributed by atoms with Crippen molar-refractivity contribution in [1.82, 2.24) is 4.98 Å². The summed E-state index contributed by atoms with van der Waals surface area (Å²) in [6.45, 7) is 0. The summed E-state index contributed by atoms with van der Waals surface area (Å²) in [7, 11) is 0. The first-order chi connectivity index (χ1) is 8.97. The molecule has 1 heterocycles. The van der Waals surface area contributed by atoms with Crippen LogP contribution in [0.25, 0.3) is 10.9 Å². The number of nitrogens with zero attached hydrogens (tertiary/aromatic N) is 1. The van der Waals surface area contributed by atoms with Crippen LogP contribution < -0.4 is 0 Å². The van der Waals surface area contributed by atoms with Gasteiger partial charge < -0.3 is 0 Å². The Morgan fingerprint density at radius 3 is 2.58 bits per heavy atom. The minimum Gasteiger partial charge on any atom is -0.253 e. The zero-order valence-electron chi connectivity index (χ0n) is 10.0. The number of hydrogen-bond acceptors (Lipinski definition) is 1. The molecule has 5 heteroatoms. The highest BCUT2D eigenvalue weighted by Gasteiger charge is 2.37. The largest absolute Gasteiger partial charge is 0.417 e. The van der Waals surface area contributed by atoms with E-state index in [1.807, 2.05) is 0 Å². The Morgan fingerprint density at radius 2 is 1.84 bits per heavy atom. The molecule has 1 nitrogen and oxygen atoms in total. The summed E-state index contributed by atoms with van der Waals surface area (Å²) in [6.07, 6.45) is -1.50. The van der Waals surface area contributed by atoms with E-state index in [0.29, 0.717) is 34.1 Å². The molecule has 0 aliphatic heterocycles. The summed E-state index contributed by atoms with van der Waals surface area (Å²) in [5.41, 5.74) is 0.947. The van der Waals surface area contributed by atoms with Gasteiger partial charge in [-0.15, -0.1) is 0 Å². The van der Waals surface area contributed by atoms with Crippen LogP contribution in [0.15, 0.2) is 22.7 Å². The number of halogens is 4. The maximum absolute atomic E-state index is 13.4. The third-order valence-corrected chi connectivity index (χ3v) is 4.00. The Labute approximate surface area is 117 Å². The van der Waals surface area contributed by atoms with E-state index >= 15 is 0 Å². The molecule has 0 atom stereocenters. The molecule has 0 radical (unpaired) electrons. The van der Waals surface area contributed by atoms with Crippen LogP contribution in [0, 0.1) is 0 Å². The molecule has 1 aromatic heterocycles. The zero-order chi connectivity index (χ0) is 13.6. The fourth-order valence-electron chi connectivity index (χ4n) is 2.72. The lowest BCUT2D eigenvalue weighted by molar-refractivity contribution is -0.137. The van der Waals surface area contributed by atoms with Gasteiger partial charge in [-0.3, -0.25) is 4.98 Å². The quantitative estimate of drug-likeness (QED) is 0.670. The summed E-state index contributed by atoms with van der Waals surface area (Å²) in [6, 6.07) is 4.88. The normalized spacial score (nSPS) is 15.6. The molecule has 1 aromatic carbocycles. The average molecular weight is 330 g/mol. The topological polar surface area (TPSA) is 12.9 Å². The zero-order valence-corrected chi connectivity index (χ0v) is 11.6. The van der Waals surface area contributed by atoms with Gasteiger partial charge in [0, 0.05) is 15.6 Å². The van der Waals surface area contributed by atoms with Gasteiger partial charge >= 0.3 is 6.18 Å². The van der Waals surface area contributed by atoms with E-state index in [9.17, 15) is 13.2 Å². The van der Waals surface area contributed by atoms with Crippen LogP contribution in [-0.4, -0.2) is 4.98 Å². The number of aromatic nitrogens is 1. The van der Waals surface area contributed by atoms with Crippen molar-refractivity contribution in [3.8, 4) is 0 Å². The molecular formula is C14H11BrF3N. The molecule has 1 aliphatic rings. The van der Waals surface area contributed by atoms with Crippen molar-refractivity contribution in [1.29, 1.82) is 0 Å². The third kappa shape index (κ3) is 2.24. The molecular weight excluding hydrogens is 319 g/mol. The Balaban J connectivity index is 2.41. The number of aryl methyl sites for hydroxylation is 1. The van der Waals surface area contributed by atoms with Crippen molar-refractivity contribution >= 4 is 26.8 Å². The number of hydrogen-bond donors (Lipinski definition) is 0. The van der Waals surface area contributed by atoms with Gasteiger partial charge in [0.1, 0.15) is 0 Å². The lowest BCUT2D eigenvalue weighted by atomic mass is 9.89. The summed E-state index contributed by atoms with van der Waals surface area (Å²) in [5, 5.41) is 0.197. The Kier molecular flexibility index (Phi) is 3.04. The second-order valence-electron chi connectivity index (χ2n) is 4.78. The number of rotatable bonds is 0. The van der Waals surface area contributed by atoms with Crippen LogP contribution in [0.5, 0.6) is 0 Å². The molecule has 0 N–H and O–H groups in total. The SMILES string of the molecule is FC(F)(F)c1c2c(nc3ccc(Br)cc13)CCCC2. The molecule has 1 aliphatic carbocycles. The van der Waals surface area contributed by atoms with Crippen LogP contribution in [0.2, 0.25) is 0 Å². The Morgan fingerprint density at radius 1 is 1.11 bits per heavy atom. The predicted molar refractivity (Wildman–Crippen MR) is 71.1 cm³/mol. The van der Waals surface area contributed by atoms with Crippen molar-refractivity contribution in [2.45, 2.75) is 31.9 Å². The lowest BCUT2D eigenvalue weighted by Gasteiger charge is -2.22. The van der Waals surface area contributed by atoms with E-state index in [0.717, 1.165) is 12.8 Å². The van der Waals surface area contributed by atoms with E-state index in [-0.39, 0.29) is 5.39 Å². The van der Waals surface area contributed by atoms with E-state index in [1.165, 1.54) is 6.07 Å². The molecule has 3 rings (SSSR count). The molecule has 0 bridgehead atoms. The van der Waals surface area contributed by atoms with Crippen molar-refractivity contribution < 1.29 is 13.2 Å². The first kappa shape index (κ1) is 12.9. The minimum absolute atomic E-state index is 0.197. The van der Waals surface area contributed by atoms with E-state index in [2.05, 4.69) is 20.9 Å². The van der Waals surface area contributed by atoms with Crippen LogP contribution in [0.3, 0.4) is 0 Å². The van der Waals surface area contributed by atoms with Gasteiger partial charge in [-0.05, 0) is 49.4 Å². The number of pyridine rings is 1. The highest BCUT2D eigenvalue weighted by Crippen LogP contribution is 2.40. The summed E-state index contributed by atoms with van der Waals surface area (Å²) in [4.78, 5) is 4.41. The maximum Gasteiger partial charge on any atom is 0.417 e. The first-order valence-electron chi connectivity index (χ1n) is 6.15. The monoisotopic (exact) mass is 329 g/mol. The number of fused-ring (bicyclic) bond motifs is 2. The van der Waals surface area contributed by atoms with Gasteiger partial charge in [-0.1, -0.05) is 15.9 Å². The smallest absolute Gasteiger partial charge is 0.253 e. The van der Waals surface area contributed by atoms with Gasteiger partial charge in [-0.2, -0.15) is 13.2 Å². The first-order valence-corrected chi connectivity index (χ1v) is 6.94. The lowest BCUT2D eigenvalue weighted by Crippen LogP contribution is -2.16. The highest BCUT2D eigenvalue weighted by atomic mass is 79.9. The van der Waals surface area contributed by atoms with E-state index < -0.39 is 11.7 Å². The van der Waals surface area contributed by atoms with Crippen LogP contribution in [0.4, 0.5) is 13.2 Å². The minimum atomic E-state index is -4.33. The predicted octanol–water partition coefficient (Wildman–Crippen LogP) is 4.89. The molecule has 0 fully saturated rings. The van der Waals surface area contributed by atoms with E-state index in [1.54, 1.807) is 12.1 Å². The number of benzene rings is 1. The van der Waals surface area contributed by atoms with Crippen molar-refractivity contribution in [3.63, 3.8) is 0 Å². The molecule has 19 heavy (non-hydrogen) atoms. The summed E-state index contributed by atoms with van der Waals surface area (Å²) < 4.78 is 40.8. The van der Waals surface area contributed by atoms with Crippen molar-refractivity contribution in [2.24, 2.45) is 0 Å². The second-order valence-corrected chi connectivity index (χ2v) is 5.69. The molecule has 0 spiro atoms. The fourth-order valence-corrected chi connectivity index (χ4v) is 3.08. The third-order valence-electron chi connectivity index (χ3n) is 3.51. The van der Waals surface area contributed by atoms with Crippen LogP contribution in [0.1, 0.15) is 29.7 Å². The number of alkyl halides is 3. The molecule has 0 unspecified atom stereocenters. The van der Waals surface area contributed by atoms with Gasteiger partial charge in [0.05, 0.1) is 11.1 Å². The maximum atomic E-state index is 13.4. The Bertz CT molecular complexity index is 649. The summed E-state index contributed by atoms with van der Waals surface area (Å²) in [5.74, 6) is 0. The van der Waals surface area contributed by atoms with Gasteiger partial charge in [0.2, 0.25) is 0 Å². The van der Waals surface area contributed by atoms with Gasteiger partial charge in [0.25, 0.3) is 0 Å². The molecule has 2 aromatic rings. The van der Waals surface area contributed by atoms with Crippen LogP contribution >= 0.6 is 15.9 Å². The van der Waals surface area contributed by atoms with Gasteiger partial charge in [-0.25, -0.2) is 0 Å². The van der Waals surface area contributed by atoms with E-state index in [4.69, 9.17) is 0 Å². The van der Waals surface area contributed by atoms with Crippen molar-refractivity contribution in [2.75, 3.05) is 0 Å². The molecule has 0 saturated heterocycles. The molecule has 0 amide bonds. The fraction of sp³-hybridized carbons (Fsp3) is 0.357. The molecule has 100 valence electrons. The average Bonchev–Trinajstić information content (AvgIpc) is 2.34. The standard InChI is InChI=1S/C14H11BrF3N/c15-8-5-6-12-10(7-8)13(14(16,17)18)9-3-1-2-4-11(9)19-12/h5-7H,1-4H2. The molecule has 0 saturated carbocycles. The highest BCUT2D eigenvalue weighted by molar-refractivity contribution is 9.10. The second kappa shape index (κ2) is 4.47.